The molecule has 0 aliphatic carbocycles. The molecule has 2 aromatic heterocycles. The summed E-state index contributed by atoms with van der Waals surface area (Å²) in [6.45, 7) is 3.74. The summed E-state index contributed by atoms with van der Waals surface area (Å²) in [5.41, 5.74) is 2.68. The van der Waals surface area contributed by atoms with Crippen molar-refractivity contribution in [2.24, 2.45) is 7.05 Å². The molecule has 0 bridgehead atoms. The molecule has 0 unspecified atom stereocenters. The van der Waals surface area contributed by atoms with Gasteiger partial charge in [0, 0.05) is 18.6 Å². The van der Waals surface area contributed by atoms with Gasteiger partial charge in [-0.2, -0.15) is 0 Å². The molecule has 0 aliphatic heterocycles. The number of ether oxygens (including phenoxy) is 2. The molecule has 0 saturated heterocycles. The number of fused-ring (bicyclic) bond motifs is 1. The maximum Gasteiger partial charge on any atom is 0.355 e. The van der Waals surface area contributed by atoms with E-state index in [0.29, 0.717) is 17.0 Å². The zero-order valence-corrected chi connectivity index (χ0v) is 15.0. The molecule has 6 heteroatoms. The highest BCUT2D eigenvalue weighted by atomic mass is 16.5. The van der Waals surface area contributed by atoms with Crippen LogP contribution in [0.4, 0.5) is 0 Å². The van der Waals surface area contributed by atoms with Gasteiger partial charge in [0.25, 0.3) is 0 Å². The Morgan fingerprint density at radius 3 is 2.54 bits per heavy atom. The van der Waals surface area contributed by atoms with E-state index in [0.717, 1.165) is 16.5 Å². The van der Waals surface area contributed by atoms with Crippen molar-refractivity contribution >= 4 is 22.8 Å². The number of pyridine rings is 1. The summed E-state index contributed by atoms with van der Waals surface area (Å²) < 4.78 is 12.2. The molecule has 0 aliphatic rings. The van der Waals surface area contributed by atoms with Crippen molar-refractivity contribution in [1.29, 1.82) is 0 Å². The number of hydrogen-bond donors (Lipinski definition) is 0. The van der Waals surface area contributed by atoms with Crippen molar-refractivity contribution < 1.29 is 19.1 Å². The highest BCUT2D eigenvalue weighted by Crippen LogP contribution is 2.24. The van der Waals surface area contributed by atoms with Gasteiger partial charge in [-0.3, -0.25) is 0 Å². The average Bonchev–Trinajstić information content (AvgIpc) is 3.06. The van der Waals surface area contributed by atoms with Crippen LogP contribution in [0.1, 0.15) is 39.0 Å². The first kappa shape index (κ1) is 17.7. The molecule has 0 amide bonds. The molecule has 0 atom stereocenters. The lowest BCUT2D eigenvalue weighted by molar-refractivity contribution is 0.0435. The summed E-state index contributed by atoms with van der Waals surface area (Å²) in [6.07, 6.45) is 1.76. The lowest BCUT2D eigenvalue weighted by Crippen LogP contribution is -2.16. The number of carbonyl (C=O) groups excluding carboxylic acids is 2. The van der Waals surface area contributed by atoms with Gasteiger partial charge in [0.05, 0.1) is 23.4 Å². The van der Waals surface area contributed by atoms with E-state index >= 15 is 0 Å². The smallest absolute Gasteiger partial charge is 0.355 e. The number of esters is 2. The van der Waals surface area contributed by atoms with Crippen LogP contribution in [-0.4, -0.2) is 28.1 Å². The largest absolute Gasteiger partial charge is 0.462 e. The zero-order chi connectivity index (χ0) is 18.7. The molecule has 3 rings (SSSR count). The minimum absolute atomic E-state index is 0.107. The molecule has 0 fully saturated rings. The second-order valence-electron chi connectivity index (χ2n) is 5.88. The normalized spacial score (nSPS) is 10.7. The minimum atomic E-state index is -0.472. The highest BCUT2D eigenvalue weighted by molar-refractivity contribution is 5.98. The third-order valence-electron chi connectivity index (χ3n) is 4.20. The van der Waals surface area contributed by atoms with Gasteiger partial charge in [0.2, 0.25) is 0 Å². The fraction of sp³-hybridized carbons (Fsp3) is 0.250. The SMILES string of the molecule is CCOC(=O)c1c(COC(=O)c2cccn2C)nc2ccccc2c1C. The number of benzene rings is 1. The molecule has 134 valence electrons. The Morgan fingerprint density at radius 2 is 1.85 bits per heavy atom. The predicted molar refractivity (Wildman–Crippen MR) is 97.0 cm³/mol. The predicted octanol–water partition coefficient (Wildman–Crippen LogP) is 3.42. The molecular formula is C20H20N2O4. The second kappa shape index (κ2) is 7.39. The molecule has 3 aromatic rings. The van der Waals surface area contributed by atoms with E-state index < -0.39 is 11.9 Å². The Kier molecular flexibility index (Phi) is 5.02. The van der Waals surface area contributed by atoms with Crippen molar-refractivity contribution in [3.63, 3.8) is 0 Å². The van der Waals surface area contributed by atoms with Gasteiger partial charge < -0.3 is 14.0 Å². The average molecular weight is 352 g/mol. The number of aryl methyl sites for hydroxylation is 2. The van der Waals surface area contributed by atoms with E-state index in [4.69, 9.17) is 9.47 Å². The molecule has 2 heterocycles. The maximum atomic E-state index is 12.5. The zero-order valence-electron chi connectivity index (χ0n) is 15.0. The quantitative estimate of drug-likeness (QED) is 0.658. The topological polar surface area (TPSA) is 70.4 Å². The van der Waals surface area contributed by atoms with Crippen LogP contribution in [0.15, 0.2) is 42.6 Å². The van der Waals surface area contributed by atoms with Gasteiger partial charge in [0.1, 0.15) is 12.3 Å². The van der Waals surface area contributed by atoms with Crippen LogP contribution in [0, 0.1) is 6.92 Å². The van der Waals surface area contributed by atoms with Crippen LogP contribution < -0.4 is 0 Å². The van der Waals surface area contributed by atoms with Gasteiger partial charge in [0.15, 0.2) is 0 Å². The van der Waals surface area contributed by atoms with E-state index in [2.05, 4.69) is 4.98 Å². The minimum Gasteiger partial charge on any atom is -0.462 e. The Morgan fingerprint density at radius 1 is 1.08 bits per heavy atom. The molecule has 6 nitrogen and oxygen atoms in total. The van der Waals surface area contributed by atoms with Crippen molar-refractivity contribution in [1.82, 2.24) is 9.55 Å². The van der Waals surface area contributed by atoms with Crippen LogP contribution in [-0.2, 0) is 23.1 Å². The standard InChI is InChI=1S/C20H20N2O4/c1-4-25-20(24)18-13(2)14-8-5-6-9-15(14)21-16(18)12-26-19(23)17-10-7-11-22(17)3/h5-11H,4,12H2,1-3H3. The van der Waals surface area contributed by atoms with Crippen molar-refractivity contribution in [3.8, 4) is 0 Å². The van der Waals surface area contributed by atoms with E-state index in [1.54, 1.807) is 36.9 Å². The first-order valence-corrected chi connectivity index (χ1v) is 8.36. The van der Waals surface area contributed by atoms with E-state index in [-0.39, 0.29) is 13.2 Å². The first-order chi connectivity index (χ1) is 12.5. The fourth-order valence-corrected chi connectivity index (χ4v) is 2.90. The number of hydrogen-bond acceptors (Lipinski definition) is 5. The van der Waals surface area contributed by atoms with Gasteiger partial charge in [-0.05, 0) is 37.6 Å². The van der Waals surface area contributed by atoms with Crippen LogP contribution >= 0.6 is 0 Å². The summed E-state index contributed by atoms with van der Waals surface area (Å²) >= 11 is 0. The molecule has 0 saturated carbocycles. The summed E-state index contributed by atoms with van der Waals surface area (Å²) in [5.74, 6) is -0.937. The van der Waals surface area contributed by atoms with Gasteiger partial charge in [-0.15, -0.1) is 0 Å². The van der Waals surface area contributed by atoms with Crippen LogP contribution in [0.25, 0.3) is 10.9 Å². The monoisotopic (exact) mass is 352 g/mol. The number of aromatic nitrogens is 2. The highest BCUT2D eigenvalue weighted by Gasteiger charge is 2.21. The van der Waals surface area contributed by atoms with E-state index in [1.807, 2.05) is 31.2 Å². The molecule has 0 N–H and O–H groups in total. The fourth-order valence-electron chi connectivity index (χ4n) is 2.90. The maximum absolute atomic E-state index is 12.5. The Balaban J connectivity index is 1.98. The van der Waals surface area contributed by atoms with Crippen LogP contribution in [0.5, 0.6) is 0 Å². The van der Waals surface area contributed by atoms with E-state index in [9.17, 15) is 9.59 Å². The number of rotatable bonds is 5. The molecule has 1 aromatic carbocycles. The summed E-state index contributed by atoms with van der Waals surface area (Å²) in [6, 6.07) is 11.0. The summed E-state index contributed by atoms with van der Waals surface area (Å²) in [7, 11) is 1.76. The Hall–Kier alpha value is -3.15. The van der Waals surface area contributed by atoms with Crippen LogP contribution in [0.2, 0.25) is 0 Å². The first-order valence-electron chi connectivity index (χ1n) is 8.36. The molecule has 0 spiro atoms. The molecule has 26 heavy (non-hydrogen) atoms. The Bertz CT molecular complexity index is 975. The lowest BCUT2D eigenvalue weighted by Gasteiger charge is -2.14. The molecular weight excluding hydrogens is 332 g/mol. The summed E-state index contributed by atoms with van der Waals surface area (Å²) in [5, 5.41) is 0.869. The van der Waals surface area contributed by atoms with Crippen molar-refractivity contribution in [2.45, 2.75) is 20.5 Å². The van der Waals surface area contributed by atoms with Crippen molar-refractivity contribution in [2.75, 3.05) is 6.61 Å². The van der Waals surface area contributed by atoms with Crippen LogP contribution in [0.3, 0.4) is 0 Å². The Labute approximate surface area is 151 Å². The van der Waals surface area contributed by atoms with Crippen molar-refractivity contribution in [3.05, 3.63) is 65.1 Å². The lowest BCUT2D eigenvalue weighted by atomic mass is 10.0. The van der Waals surface area contributed by atoms with Gasteiger partial charge in [-0.1, -0.05) is 18.2 Å². The second-order valence-corrected chi connectivity index (χ2v) is 5.88. The molecule has 0 radical (unpaired) electrons. The van der Waals surface area contributed by atoms with E-state index in [1.165, 1.54) is 0 Å². The third kappa shape index (κ3) is 3.31. The van der Waals surface area contributed by atoms with Gasteiger partial charge in [-0.25, -0.2) is 14.6 Å². The number of nitrogens with zero attached hydrogens (tertiary/aromatic N) is 2. The van der Waals surface area contributed by atoms with Gasteiger partial charge >= 0.3 is 11.9 Å². The number of carbonyl (C=O) groups is 2. The third-order valence-corrected chi connectivity index (χ3v) is 4.20. The summed E-state index contributed by atoms with van der Waals surface area (Å²) in [4.78, 5) is 29.2. The number of para-hydroxylation sites is 1.